The van der Waals surface area contributed by atoms with Gasteiger partial charge in [0.15, 0.2) is 0 Å². The molecule has 0 spiro atoms. The van der Waals surface area contributed by atoms with Gasteiger partial charge < -0.3 is 5.11 Å². The molecule has 0 aliphatic carbocycles. The lowest BCUT2D eigenvalue weighted by molar-refractivity contribution is 0.219. The first-order chi connectivity index (χ1) is 8.11. The van der Waals surface area contributed by atoms with Gasteiger partial charge in [-0.25, -0.2) is 0 Å². The molecule has 1 unspecified atom stereocenters. The van der Waals surface area contributed by atoms with E-state index in [1.165, 1.54) is 5.56 Å². The number of hydrogen-bond acceptors (Lipinski definition) is 1. The Hall–Kier alpha value is -1.31. The first-order valence-corrected chi connectivity index (χ1v) is 5.97. The van der Waals surface area contributed by atoms with E-state index < -0.39 is 6.10 Å². The molecule has 0 aliphatic rings. The smallest absolute Gasteiger partial charge is 0.106 e. The van der Waals surface area contributed by atoms with Crippen molar-refractivity contribution in [1.82, 2.24) is 0 Å². The van der Waals surface area contributed by atoms with Gasteiger partial charge in [0.05, 0.1) is 0 Å². The molecule has 0 heterocycles. The maximum atomic E-state index is 10.4. The summed E-state index contributed by atoms with van der Waals surface area (Å²) in [5.41, 5.74) is 3.95. The maximum Gasteiger partial charge on any atom is 0.106 e. The normalized spacial score (nSPS) is 12.5. The van der Waals surface area contributed by atoms with Crippen molar-refractivity contribution in [3.05, 3.63) is 69.7 Å². The quantitative estimate of drug-likeness (QED) is 0.848. The first-order valence-electron chi connectivity index (χ1n) is 5.60. The van der Waals surface area contributed by atoms with E-state index in [0.29, 0.717) is 5.02 Å². The fraction of sp³-hybridized carbons (Fsp3) is 0.200. The molecule has 2 aromatic carbocycles. The van der Waals surface area contributed by atoms with Gasteiger partial charge in [-0.1, -0.05) is 48.0 Å². The number of rotatable bonds is 2. The zero-order valence-electron chi connectivity index (χ0n) is 9.94. The second-order valence-electron chi connectivity index (χ2n) is 4.21. The van der Waals surface area contributed by atoms with Crippen molar-refractivity contribution in [3.63, 3.8) is 0 Å². The van der Waals surface area contributed by atoms with Crippen LogP contribution in [0.25, 0.3) is 0 Å². The van der Waals surface area contributed by atoms with Crippen molar-refractivity contribution >= 4 is 11.6 Å². The van der Waals surface area contributed by atoms with Crippen LogP contribution in [0.1, 0.15) is 28.4 Å². The van der Waals surface area contributed by atoms with E-state index in [4.69, 9.17) is 11.6 Å². The molecule has 0 saturated heterocycles. The largest absolute Gasteiger partial charge is 0.384 e. The van der Waals surface area contributed by atoms with Gasteiger partial charge in [-0.3, -0.25) is 0 Å². The average molecular weight is 247 g/mol. The Morgan fingerprint density at radius 1 is 0.941 bits per heavy atom. The lowest BCUT2D eigenvalue weighted by Crippen LogP contribution is -2.03. The van der Waals surface area contributed by atoms with Crippen molar-refractivity contribution in [3.8, 4) is 0 Å². The van der Waals surface area contributed by atoms with Crippen LogP contribution in [0, 0.1) is 13.8 Å². The Morgan fingerprint density at radius 3 is 2.29 bits per heavy atom. The molecule has 1 N–H and O–H groups in total. The van der Waals surface area contributed by atoms with Gasteiger partial charge in [-0.05, 0) is 36.6 Å². The van der Waals surface area contributed by atoms with Crippen LogP contribution in [-0.4, -0.2) is 5.11 Å². The molecule has 0 aromatic heterocycles. The third-order valence-electron chi connectivity index (χ3n) is 3.14. The van der Waals surface area contributed by atoms with Crippen LogP contribution in [0.2, 0.25) is 5.02 Å². The maximum absolute atomic E-state index is 10.4. The standard InChI is InChI=1S/C15H15ClO/c1-10-6-5-8-12(11(10)2)15(17)13-7-3-4-9-14(13)16/h3-9,15,17H,1-2H3. The van der Waals surface area contributed by atoms with Crippen LogP contribution >= 0.6 is 11.6 Å². The van der Waals surface area contributed by atoms with Crippen LogP contribution in [0.5, 0.6) is 0 Å². The van der Waals surface area contributed by atoms with Crippen LogP contribution in [-0.2, 0) is 0 Å². The molecule has 0 aliphatic heterocycles. The highest BCUT2D eigenvalue weighted by molar-refractivity contribution is 6.31. The fourth-order valence-electron chi connectivity index (χ4n) is 1.93. The van der Waals surface area contributed by atoms with E-state index in [1.807, 2.05) is 50.2 Å². The second kappa shape index (κ2) is 4.91. The highest BCUT2D eigenvalue weighted by atomic mass is 35.5. The van der Waals surface area contributed by atoms with Crippen LogP contribution < -0.4 is 0 Å². The molecule has 0 bridgehead atoms. The molecular formula is C15H15ClO. The molecule has 0 radical (unpaired) electrons. The average Bonchev–Trinajstić information content (AvgIpc) is 2.32. The third kappa shape index (κ3) is 2.36. The summed E-state index contributed by atoms with van der Waals surface area (Å²) in [5.74, 6) is 0. The summed E-state index contributed by atoms with van der Waals surface area (Å²) in [6.07, 6.45) is -0.663. The Bertz CT molecular complexity index is 534. The summed E-state index contributed by atoms with van der Waals surface area (Å²) >= 11 is 6.10. The van der Waals surface area contributed by atoms with Crippen LogP contribution in [0.15, 0.2) is 42.5 Å². The van der Waals surface area contributed by atoms with Gasteiger partial charge in [0.25, 0.3) is 0 Å². The van der Waals surface area contributed by atoms with E-state index in [1.54, 1.807) is 6.07 Å². The second-order valence-corrected chi connectivity index (χ2v) is 4.62. The van der Waals surface area contributed by atoms with Gasteiger partial charge in [0, 0.05) is 10.6 Å². The number of hydrogen-bond donors (Lipinski definition) is 1. The number of aliphatic hydroxyl groups is 1. The highest BCUT2D eigenvalue weighted by Crippen LogP contribution is 2.30. The van der Waals surface area contributed by atoms with E-state index in [2.05, 4.69) is 0 Å². The monoisotopic (exact) mass is 246 g/mol. The Kier molecular flexibility index (Phi) is 3.51. The summed E-state index contributed by atoms with van der Waals surface area (Å²) in [5, 5.41) is 11.0. The molecule has 17 heavy (non-hydrogen) atoms. The molecule has 2 rings (SSSR count). The van der Waals surface area contributed by atoms with Crippen molar-refractivity contribution in [2.75, 3.05) is 0 Å². The summed E-state index contributed by atoms with van der Waals surface area (Å²) in [6, 6.07) is 13.3. The fourth-order valence-corrected chi connectivity index (χ4v) is 2.17. The van der Waals surface area contributed by atoms with Crippen LogP contribution in [0.3, 0.4) is 0 Å². The number of halogens is 1. The minimum Gasteiger partial charge on any atom is -0.384 e. The van der Waals surface area contributed by atoms with Gasteiger partial charge >= 0.3 is 0 Å². The minimum atomic E-state index is -0.663. The predicted molar refractivity (Wildman–Crippen MR) is 71.4 cm³/mol. The molecule has 2 heteroatoms. The summed E-state index contributed by atoms with van der Waals surface area (Å²) < 4.78 is 0. The SMILES string of the molecule is Cc1cccc(C(O)c2ccccc2Cl)c1C. The first kappa shape index (κ1) is 12.2. The molecule has 2 aromatic rings. The zero-order valence-corrected chi connectivity index (χ0v) is 10.7. The van der Waals surface area contributed by atoms with Gasteiger partial charge in [0.2, 0.25) is 0 Å². The van der Waals surface area contributed by atoms with Crippen LogP contribution in [0.4, 0.5) is 0 Å². The summed E-state index contributed by atoms with van der Waals surface area (Å²) in [4.78, 5) is 0. The van der Waals surface area contributed by atoms with Crippen molar-refractivity contribution in [1.29, 1.82) is 0 Å². The Labute approximate surface area is 107 Å². The molecule has 1 atom stereocenters. The lowest BCUT2D eigenvalue weighted by Gasteiger charge is -2.16. The zero-order chi connectivity index (χ0) is 12.4. The Balaban J connectivity index is 2.48. The highest BCUT2D eigenvalue weighted by Gasteiger charge is 2.15. The number of aryl methyl sites for hydroxylation is 1. The molecule has 88 valence electrons. The van der Waals surface area contributed by atoms with Gasteiger partial charge in [0.1, 0.15) is 6.10 Å². The van der Waals surface area contributed by atoms with Gasteiger partial charge in [-0.2, -0.15) is 0 Å². The van der Waals surface area contributed by atoms with Crippen molar-refractivity contribution in [2.45, 2.75) is 20.0 Å². The molecule has 0 fully saturated rings. The lowest BCUT2D eigenvalue weighted by atomic mass is 9.95. The summed E-state index contributed by atoms with van der Waals surface area (Å²) in [6.45, 7) is 4.06. The molecular weight excluding hydrogens is 232 g/mol. The van der Waals surface area contributed by atoms with Crippen molar-refractivity contribution in [2.24, 2.45) is 0 Å². The van der Waals surface area contributed by atoms with E-state index in [9.17, 15) is 5.11 Å². The molecule has 0 amide bonds. The van der Waals surface area contributed by atoms with Crippen molar-refractivity contribution < 1.29 is 5.11 Å². The third-order valence-corrected chi connectivity index (χ3v) is 3.49. The summed E-state index contributed by atoms with van der Waals surface area (Å²) in [7, 11) is 0. The molecule has 0 saturated carbocycles. The van der Waals surface area contributed by atoms with E-state index in [-0.39, 0.29) is 0 Å². The number of benzene rings is 2. The molecule has 1 nitrogen and oxygen atoms in total. The number of aliphatic hydroxyl groups excluding tert-OH is 1. The van der Waals surface area contributed by atoms with E-state index in [0.717, 1.165) is 16.7 Å². The van der Waals surface area contributed by atoms with E-state index >= 15 is 0 Å². The predicted octanol–water partition coefficient (Wildman–Crippen LogP) is 4.04. The van der Waals surface area contributed by atoms with Gasteiger partial charge in [-0.15, -0.1) is 0 Å². The minimum absolute atomic E-state index is 0.598. The Morgan fingerprint density at radius 2 is 1.59 bits per heavy atom. The topological polar surface area (TPSA) is 20.2 Å².